The summed E-state index contributed by atoms with van der Waals surface area (Å²) in [6.45, 7) is 3.65. The minimum atomic E-state index is -3.64. The second-order valence-corrected chi connectivity index (χ2v) is 8.62. The number of halogens is 2. The zero-order chi connectivity index (χ0) is 14.2. The molecule has 0 amide bonds. The molecule has 0 aliphatic heterocycles. The van der Waals surface area contributed by atoms with Crippen molar-refractivity contribution in [3.05, 3.63) is 38.4 Å². The maximum atomic E-state index is 12.2. The van der Waals surface area contributed by atoms with E-state index in [1.54, 1.807) is 18.3 Å². The summed E-state index contributed by atoms with van der Waals surface area (Å²) in [6.07, 6.45) is 1.58. The number of sulfonamides is 1. The Labute approximate surface area is 129 Å². The van der Waals surface area contributed by atoms with Crippen LogP contribution < -0.4 is 4.72 Å². The second-order valence-electron chi connectivity index (χ2n) is 3.98. The number of nitrogens with one attached hydrogen (secondary N) is 1. The van der Waals surface area contributed by atoms with Gasteiger partial charge in [0.2, 0.25) is 0 Å². The average molecular weight is 382 g/mol. The molecule has 0 atom stereocenters. The third-order valence-corrected chi connectivity index (χ3v) is 6.60. The summed E-state index contributed by atoms with van der Waals surface area (Å²) in [6, 6.07) is 3.25. The molecule has 4 nitrogen and oxygen atoms in total. The molecule has 0 aromatic carbocycles. The summed E-state index contributed by atoms with van der Waals surface area (Å²) in [5, 5.41) is 0.126. The van der Waals surface area contributed by atoms with Crippen LogP contribution in [0.1, 0.15) is 11.1 Å². The van der Waals surface area contributed by atoms with Crippen molar-refractivity contribution in [3.63, 3.8) is 0 Å². The zero-order valence-electron chi connectivity index (χ0n) is 10.1. The zero-order valence-corrected chi connectivity index (χ0v) is 14.0. The predicted octanol–water partition coefficient (Wildman–Crippen LogP) is 3.98. The van der Waals surface area contributed by atoms with Crippen LogP contribution in [0.5, 0.6) is 0 Å². The summed E-state index contributed by atoms with van der Waals surface area (Å²) in [5.41, 5.74) is 1.98. The van der Waals surface area contributed by atoms with Crippen molar-refractivity contribution in [2.75, 3.05) is 4.72 Å². The molecule has 0 radical (unpaired) electrons. The fourth-order valence-electron chi connectivity index (χ4n) is 1.38. The highest BCUT2D eigenvalue weighted by atomic mass is 79.9. The summed E-state index contributed by atoms with van der Waals surface area (Å²) >= 11 is 10.3. The van der Waals surface area contributed by atoms with E-state index in [1.807, 2.05) is 13.8 Å². The first-order valence-electron chi connectivity index (χ1n) is 5.20. The lowest BCUT2D eigenvalue weighted by molar-refractivity contribution is 0.603. The third-order valence-electron chi connectivity index (χ3n) is 2.32. The lowest BCUT2D eigenvalue weighted by atomic mass is 10.3. The summed E-state index contributed by atoms with van der Waals surface area (Å²) in [4.78, 5) is 3.91. The van der Waals surface area contributed by atoms with Crippen LogP contribution in [0, 0.1) is 13.8 Å². The van der Waals surface area contributed by atoms with Crippen LogP contribution in [-0.4, -0.2) is 13.4 Å². The molecule has 2 aromatic rings. The van der Waals surface area contributed by atoms with E-state index in [4.69, 9.17) is 11.6 Å². The molecule has 0 saturated carbocycles. The highest BCUT2D eigenvalue weighted by molar-refractivity contribution is 9.11. The molecule has 0 aliphatic carbocycles. The molecule has 0 bridgehead atoms. The molecule has 1 N–H and O–H groups in total. The predicted molar refractivity (Wildman–Crippen MR) is 81.5 cm³/mol. The van der Waals surface area contributed by atoms with Gasteiger partial charge in [0.15, 0.2) is 5.15 Å². The van der Waals surface area contributed by atoms with E-state index in [9.17, 15) is 8.42 Å². The Kier molecular flexibility index (Phi) is 4.20. The van der Waals surface area contributed by atoms with Crippen molar-refractivity contribution < 1.29 is 8.42 Å². The molecular weight excluding hydrogens is 372 g/mol. The van der Waals surface area contributed by atoms with Crippen LogP contribution in [-0.2, 0) is 10.0 Å². The van der Waals surface area contributed by atoms with Crippen molar-refractivity contribution in [2.24, 2.45) is 0 Å². The first kappa shape index (κ1) is 14.8. The van der Waals surface area contributed by atoms with Crippen LogP contribution in [0.2, 0.25) is 5.15 Å². The normalized spacial score (nSPS) is 11.6. The van der Waals surface area contributed by atoms with Gasteiger partial charge in [0.25, 0.3) is 10.0 Å². The van der Waals surface area contributed by atoms with Gasteiger partial charge in [0.1, 0.15) is 4.21 Å². The monoisotopic (exact) mass is 380 g/mol. The van der Waals surface area contributed by atoms with Crippen LogP contribution in [0.15, 0.2) is 26.3 Å². The van der Waals surface area contributed by atoms with Crippen molar-refractivity contribution >= 4 is 54.6 Å². The largest absolute Gasteiger partial charge is 0.276 e. The van der Waals surface area contributed by atoms with E-state index in [-0.39, 0.29) is 15.0 Å². The number of nitrogens with zero attached hydrogens (tertiary/aromatic N) is 1. The van der Waals surface area contributed by atoms with Crippen LogP contribution in [0.25, 0.3) is 0 Å². The van der Waals surface area contributed by atoms with Crippen LogP contribution in [0.4, 0.5) is 5.69 Å². The number of rotatable bonds is 3. The molecule has 2 rings (SSSR count). The Hall–Kier alpha value is -0.630. The fourth-order valence-corrected chi connectivity index (χ4v) is 4.87. The van der Waals surface area contributed by atoms with Gasteiger partial charge in [-0.2, -0.15) is 0 Å². The van der Waals surface area contributed by atoms with Gasteiger partial charge < -0.3 is 0 Å². The molecule has 0 saturated heterocycles. The Morgan fingerprint density at radius 1 is 1.37 bits per heavy atom. The maximum absolute atomic E-state index is 12.2. The average Bonchev–Trinajstić information content (AvgIpc) is 2.65. The highest BCUT2D eigenvalue weighted by Gasteiger charge is 2.19. The summed E-state index contributed by atoms with van der Waals surface area (Å²) in [7, 11) is -3.64. The van der Waals surface area contributed by atoms with E-state index in [0.717, 1.165) is 26.3 Å². The van der Waals surface area contributed by atoms with Gasteiger partial charge in [0, 0.05) is 6.20 Å². The Bertz CT molecular complexity index is 709. The number of hydrogen-bond acceptors (Lipinski definition) is 4. The molecule has 0 spiro atoms. The number of thiophene rings is 1. The first-order valence-corrected chi connectivity index (χ1v) is 8.67. The molecular formula is C11H10BrClN2O2S2. The van der Waals surface area contributed by atoms with Crippen molar-refractivity contribution in [1.82, 2.24) is 4.98 Å². The number of aromatic nitrogens is 1. The van der Waals surface area contributed by atoms with E-state index < -0.39 is 10.0 Å². The number of hydrogen-bond donors (Lipinski definition) is 1. The van der Waals surface area contributed by atoms with E-state index >= 15 is 0 Å². The topological polar surface area (TPSA) is 59.1 Å². The van der Waals surface area contributed by atoms with Crippen molar-refractivity contribution in [1.29, 1.82) is 0 Å². The Balaban J connectivity index is 2.39. The summed E-state index contributed by atoms with van der Waals surface area (Å²) < 4.78 is 27.9. The molecule has 0 aliphatic rings. The minimum absolute atomic E-state index is 0.126. The second kappa shape index (κ2) is 5.40. The number of pyridine rings is 1. The third kappa shape index (κ3) is 3.28. The minimum Gasteiger partial charge on any atom is -0.276 e. The van der Waals surface area contributed by atoms with Gasteiger partial charge in [-0.05, 0) is 53.0 Å². The Morgan fingerprint density at radius 2 is 2.05 bits per heavy atom. The van der Waals surface area contributed by atoms with Gasteiger partial charge in [-0.3, -0.25) is 4.72 Å². The SMILES string of the molecule is Cc1cnc(Cl)c(NS(=O)(=O)c2cc(C)c(Br)s2)c1. The van der Waals surface area contributed by atoms with E-state index in [1.165, 1.54) is 0 Å². The van der Waals surface area contributed by atoms with E-state index in [2.05, 4.69) is 25.6 Å². The summed E-state index contributed by atoms with van der Waals surface area (Å²) in [5.74, 6) is 0. The fraction of sp³-hybridized carbons (Fsp3) is 0.182. The van der Waals surface area contributed by atoms with E-state index in [0.29, 0.717) is 0 Å². The quantitative estimate of drug-likeness (QED) is 0.818. The molecule has 8 heteroatoms. The molecule has 0 unspecified atom stereocenters. The smallest absolute Gasteiger partial charge is 0.271 e. The van der Waals surface area contributed by atoms with Gasteiger partial charge in [-0.1, -0.05) is 11.6 Å². The standard InChI is InChI=1S/C11H10BrClN2O2S2/c1-6-3-8(11(13)14-5-6)15-19(16,17)9-4-7(2)10(12)18-9/h3-5,15H,1-2H3. The molecule has 0 fully saturated rings. The van der Waals surface area contributed by atoms with Crippen LogP contribution in [0.3, 0.4) is 0 Å². The molecule has 102 valence electrons. The lowest BCUT2D eigenvalue weighted by Crippen LogP contribution is -2.12. The number of aryl methyl sites for hydroxylation is 2. The lowest BCUT2D eigenvalue weighted by Gasteiger charge is -2.08. The van der Waals surface area contributed by atoms with Gasteiger partial charge in [-0.25, -0.2) is 13.4 Å². The van der Waals surface area contributed by atoms with Gasteiger partial charge in [0.05, 0.1) is 9.47 Å². The molecule has 2 aromatic heterocycles. The Morgan fingerprint density at radius 3 is 2.63 bits per heavy atom. The van der Waals surface area contributed by atoms with Gasteiger partial charge in [-0.15, -0.1) is 11.3 Å². The molecule has 2 heterocycles. The first-order chi connectivity index (χ1) is 8.79. The van der Waals surface area contributed by atoms with Crippen LogP contribution >= 0.6 is 38.9 Å². The number of anilines is 1. The highest BCUT2D eigenvalue weighted by Crippen LogP contribution is 2.32. The van der Waals surface area contributed by atoms with Crippen molar-refractivity contribution in [2.45, 2.75) is 18.1 Å². The molecule has 19 heavy (non-hydrogen) atoms. The van der Waals surface area contributed by atoms with Crippen molar-refractivity contribution in [3.8, 4) is 0 Å². The van der Waals surface area contributed by atoms with Gasteiger partial charge >= 0.3 is 0 Å². The maximum Gasteiger partial charge on any atom is 0.271 e.